The molecule has 3 aromatic rings. The maximum Gasteiger partial charge on any atom is 0.253 e. The van der Waals surface area contributed by atoms with Crippen LogP contribution < -0.4 is 5.32 Å². The van der Waals surface area contributed by atoms with E-state index in [9.17, 15) is 4.79 Å². The van der Waals surface area contributed by atoms with E-state index in [1.165, 1.54) is 0 Å². The molecule has 1 aromatic heterocycles. The molecule has 7 heteroatoms. The van der Waals surface area contributed by atoms with Gasteiger partial charge in [0.25, 0.3) is 5.91 Å². The summed E-state index contributed by atoms with van der Waals surface area (Å²) in [5.41, 5.74) is 1.34. The molecule has 3 rings (SSSR count). The van der Waals surface area contributed by atoms with Crippen molar-refractivity contribution in [2.24, 2.45) is 0 Å². The molecule has 128 valence electrons. The van der Waals surface area contributed by atoms with Gasteiger partial charge in [-0.2, -0.15) is 4.98 Å². The molecule has 1 amide bonds. The largest absolute Gasteiger partial charge is 0.345 e. The summed E-state index contributed by atoms with van der Waals surface area (Å²) in [5.74, 6) is 0.756. The van der Waals surface area contributed by atoms with Gasteiger partial charge in [0.1, 0.15) is 0 Å². The normalized spacial score (nSPS) is 12.0. The number of carbonyl (C=O) groups is 1. The number of aromatic nitrogens is 2. The lowest BCUT2D eigenvalue weighted by Gasteiger charge is -2.18. The third-order valence-corrected chi connectivity index (χ3v) is 4.95. The smallest absolute Gasteiger partial charge is 0.253 e. The third kappa shape index (κ3) is 4.27. The molecule has 0 radical (unpaired) electrons. The second-order valence-electron chi connectivity index (χ2n) is 5.48. The molecule has 0 bridgehead atoms. The van der Waals surface area contributed by atoms with Crippen molar-refractivity contribution in [2.75, 3.05) is 0 Å². The quantitative estimate of drug-likeness (QED) is 0.659. The number of carbonyl (C=O) groups excluding carboxylic acids is 1. The number of amides is 1. The van der Waals surface area contributed by atoms with E-state index in [1.54, 1.807) is 25.1 Å². The number of hydrogen-bond acceptors (Lipinski definition) is 4. The van der Waals surface area contributed by atoms with Gasteiger partial charge in [-0.05, 0) is 40.5 Å². The number of halogens is 2. The summed E-state index contributed by atoms with van der Waals surface area (Å²) >= 11 is 9.57. The SMILES string of the molecule is Cc1noc(C[C@H](NC(=O)c2cccc(Br)c2Cl)c2ccccc2)n1. The Kier molecular flexibility index (Phi) is 5.50. The van der Waals surface area contributed by atoms with Crippen LogP contribution in [0.3, 0.4) is 0 Å². The van der Waals surface area contributed by atoms with Gasteiger partial charge in [-0.3, -0.25) is 4.79 Å². The van der Waals surface area contributed by atoms with Crippen molar-refractivity contribution in [3.05, 3.63) is 80.9 Å². The molecule has 1 heterocycles. The van der Waals surface area contributed by atoms with E-state index in [4.69, 9.17) is 16.1 Å². The highest BCUT2D eigenvalue weighted by Crippen LogP contribution is 2.27. The topological polar surface area (TPSA) is 68.0 Å². The van der Waals surface area contributed by atoms with E-state index in [-0.39, 0.29) is 11.9 Å². The molecule has 1 N–H and O–H groups in total. The van der Waals surface area contributed by atoms with E-state index in [0.717, 1.165) is 5.56 Å². The fourth-order valence-corrected chi connectivity index (χ4v) is 3.03. The first kappa shape index (κ1) is 17.6. The lowest BCUT2D eigenvalue weighted by Crippen LogP contribution is -2.30. The summed E-state index contributed by atoms with van der Waals surface area (Å²) in [7, 11) is 0. The summed E-state index contributed by atoms with van der Waals surface area (Å²) in [4.78, 5) is 16.9. The summed E-state index contributed by atoms with van der Waals surface area (Å²) < 4.78 is 5.87. The number of benzene rings is 2. The van der Waals surface area contributed by atoms with E-state index in [0.29, 0.717) is 33.2 Å². The van der Waals surface area contributed by atoms with Crippen molar-refractivity contribution in [2.45, 2.75) is 19.4 Å². The second kappa shape index (κ2) is 7.80. The lowest BCUT2D eigenvalue weighted by molar-refractivity contribution is 0.0935. The summed E-state index contributed by atoms with van der Waals surface area (Å²) in [5, 5.41) is 7.18. The monoisotopic (exact) mass is 419 g/mol. The van der Waals surface area contributed by atoms with Gasteiger partial charge >= 0.3 is 0 Å². The van der Waals surface area contributed by atoms with Crippen LogP contribution in [0.15, 0.2) is 57.5 Å². The fourth-order valence-electron chi connectivity index (χ4n) is 2.45. The highest BCUT2D eigenvalue weighted by atomic mass is 79.9. The molecule has 0 saturated heterocycles. The average Bonchev–Trinajstić information content (AvgIpc) is 3.02. The molecule has 0 spiro atoms. The first-order valence-corrected chi connectivity index (χ1v) is 8.80. The van der Waals surface area contributed by atoms with Crippen molar-refractivity contribution in [3.63, 3.8) is 0 Å². The molecule has 2 aromatic carbocycles. The number of nitrogens with one attached hydrogen (secondary N) is 1. The molecule has 5 nitrogen and oxygen atoms in total. The molecule has 1 atom stereocenters. The van der Waals surface area contributed by atoms with Crippen molar-refractivity contribution in [1.29, 1.82) is 0 Å². The Morgan fingerprint density at radius 2 is 2.00 bits per heavy atom. The van der Waals surface area contributed by atoms with Crippen LogP contribution in [-0.4, -0.2) is 16.0 Å². The summed E-state index contributed by atoms with van der Waals surface area (Å²) in [6, 6.07) is 14.6. The van der Waals surface area contributed by atoms with Crippen LogP contribution in [0.5, 0.6) is 0 Å². The van der Waals surface area contributed by atoms with Gasteiger partial charge < -0.3 is 9.84 Å². The molecule has 0 aliphatic rings. The lowest BCUT2D eigenvalue weighted by atomic mass is 10.0. The van der Waals surface area contributed by atoms with Crippen LogP contribution in [0.2, 0.25) is 5.02 Å². The van der Waals surface area contributed by atoms with Gasteiger partial charge in [-0.25, -0.2) is 0 Å². The minimum absolute atomic E-state index is 0.267. The van der Waals surface area contributed by atoms with E-state index in [2.05, 4.69) is 31.4 Å². The number of rotatable bonds is 5. The van der Waals surface area contributed by atoms with Crippen LogP contribution in [-0.2, 0) is 6.42 Å². The van der Waals surface area contributed by atoms with Crippen LogP contribution >= 0.6 is 27.5 Å². The number of hydrogen-bond donors (Lipinski definition) is 1. The third-order valence-electron chi connectivity index (χ3n) is 3.65. The van der Waals surface area contributed by atoms with Gasteiger partial charge in [-0.15, -0.1) is 0 Å². The Labute approximate surface area is 158 Å². The van der Waals surface area contributed by atoms with E-state index in [1.807, 2.05) is 30.3 Å². The zero-order chi connectivity index (χ0) is 17.8. The Morgan fingerprint density at radius 3 is 2.68 bits per heavy atom. The summed E-state index contributed by atoms with van der Waals surface area (Å²) in [6.45, 7) is 1.75. The van der Waals surface area contributed by atoms with Crippen molar-refractivity contribution in [1.82, 2.24) is 15.5 Å². The first-order valence-electron chi connectivity index (χ1n) is 7.63. The second-order valence-corrected chi connectivity index (χ2v) is 6.71. The van der Waals surface area contributed by atoms with Crippen molar-refractivity contribution in [3.8, 4) is 0 Å². The maximum atomic E-state index is 12.7. The van der Waals surface area contributed by atoms with E-state index >= 15 is 0 Å². The Hall–Kier alpha value is -2.18. The molecule has 25 heavy (non-hydrogen) atoms. The van der Waals surface area contributed by atoms with Crippen LogP contribution in [0.25, 0.3) is 0 Å². The minimum atomic E-state index is -0.316. The molecular weight excluding hydrogens is 406 g/mol. The molecular formula is C18H15BrClN3O2. The molecule has 0 aliphatic carbocycles. The maximum absolute atomic E-state index is 12.7. The van der Waals surface area contributed by atoms with Crippen LogP contribution in [0.4, 0.5) is 0 Å². The zero-order valence-corrected chi connectivity index (χ0v) is 15.7. The van der Waals surface area contributed by atoms with Gasteiger partial charge in [0.05, 0.1) is 23.0 Å². The van der Waals surface area contributed by atoms with Crippen molar-refractivity contribution >= 4 is 33.4 Å². The standard InChI is InChI=1S/C18H15BrClN3O2/c1-11-21-16(25-23-11)10-15(12-6-3-2-4-7-12)22-18(24)13-8-5-9-14(19)17(13)20/h2-9,15H,10H2,1H3,(H,22,24)/t15-/m0/s1. The summed E-state index contributed by atoms with van der Waals surface area (Å²) in [6.07, 6.45) is 0.391. The Balaban J connectivity index is 1.86. The zero-order valence-electron chi connectivity index (χ0n) is 13.4. The first-order chi connectivity index (χ1) is 12.0. The Bertz CT molecular complexity index is 883. The number of nitrogens with zero attached hydrogens (tertiary/aromatic N) is 2. The predicted octanol–water partition coefficient (Wildman–Crippen LogP) is 4.51. The van der Waals surface area contributed by atoms with Gasteiger partial charge in [0.15, 0.2) is 5.82 Å². The average molecular weight is 421 g/mol. The van der Waals surface area contributed by atoms with E-state index < -0.39 is 0 Å². The highest BCUT2D eigenvalue weighted by Gasteiger charge is 2.21. The van der Waals surface area contributed by atoms with Gasteiger partial charge in [0.2, 0.25) is 5.89 Å². The minimum Gasteiger partial charge on any atom is -0.345 e. The predicted molar refractivity (Wildman–Crippen MR) is 98.5 cm³/mol. The Morgan fingerprint density at radius 1 is 1.24 bits per heavy atom. The van der Waals surface area contributed by atoms with Crippen molar-refractivity contribution < 1.29 is 9.32 Å². The highest BCUT2D eigenvalue weighted by molar-refractivity contribution is 9.10. The molecule has 0 fully saturated rings. The molecule has 0 saturated carbocycles. The molecule has 0 unspecified atom stereocenters. The van der Waals surface area contributed by atoms with Crippen LogP contribution in [0.1, 0.15) is 33.7 Å². The fraction of sp³-hybridized carbons (Fsp3) is 0.167. The van der Waals surface area contributed by atoms with Gasteiger partial charge in [-0.1, -0.05) is 53.2 Å². The number of aryl methyl sites for hydroxylation is 1. The van der Waals surface area contributed by atoms with Crippen LogP contribution in [0, 0.1) is 6.92 Å². The van der Waals surface area contributed by atoms with Gasteiger partial charge in [0, 0.05) is 4.47 Å². The molecule has 0 aliphatic heterocycles.